The largest absolute Gasteiger partial charge is 0.361 e. The van der Waals surface area contributed by atoms with Gasteiger partial charge < -0.3 is 4.98 Å². The van der Waals surface area contributed by atoms with Gasteiger partial charge >= 0.3 is 0 Å². The summed E-state index contributed by atoms with van der Waals surface area (Å²) < 4.78 is 0. The van der Waals surface area contributed by atoms with Crippen LogP contribution in [-0.2, 0) is 0 Å². The van der Waals surface area contributed by atoms with Gasteiger partial charge in [-0.1, -0.05) is 19.0 Å². The summed E-state index contributed by atoms with van der Waals surface area (Å²) >= 11 is 0. The monoisotopic (exact) mass is 200 g/mol. The lowest BCUT2D eigenvalue weighted by Crippen LogP contribution is -1.87. The molecule has 0 atom stereocenters. The first-order valence-corrected chi connectivity index (χ1v) is 4.88. The van der Waals surface area contributed by atoms with Crippen LogP contribution in [0.25, 0.3) is 21.3 Å². The SMILES string of the molecule is CC(C)c1cc(N=[N+]=[N-])cc2[nH]ccc12. The molecule has 0 aliphatic rings. The molecule has 1 N–H and O–H groups in total. The molecule has 1 aromatic heterocycles. The predicted octanol–water partition coefficient (Wildman–Crippen LogP) is 4.23. The standard InChI is InChI=1S/C11H12N4/c1-7(2)10-5-8(14-15-12)6-11-9(10)3-4-13-11/h3-7,13H,1-2H3. The van der Waals surface area contributed by atoms with Crippen LogP contribution in [-0.4, -0.2) is 4.98 Å². The fourth-order valence-electron chi connectivity index (χ4n) is 1.77. The summed E-state index contributed by atoms with van der Waals surface area (Å²) in [5, 5.41) is 4.84. The molecule has 4 nitrogen and oxygen atoms in total. The molecule has 2 aromatic rings. The molecule has 0 fully saturated rings. The van der Waals surface area contributed by atoms with Gasteiger partial charge in [0.25, 0.3) is 0 Å². The van der Waals surface area contributed by atoms with E-state index in [1.165, 1.54) is 10.9 Å². The minimum atomic E-state index is 0.414. The number of azide groups is 1. The van der Waals surface area contributed by atoms with Gasteiger partial charge in [-0.3, -0.25) is 0 Å². The number of nitrogens with zero attached hydrogens (tertiary/aromatic N) is 3. The maximum atomic E-state index is 8.42. The number of hydrogen-bond acceptors (Lipinski definition) is 1. The molecule has 2 rings (SSSR count). The molecule has 0 saturated carbocycles. The third-order valence-electron chi connectivity index (χ3n) is 2.47. The van der Waals surface area contributed by atoms with E-state index in [9.17, 15) is 0 Å². The van der Waals surface area contributed by atoms with Crippen LogP contribution in [0.2, 0.25) is 0 Å². The molecule has 0 aliphatic carbocycles. The number of nitrogens with one attached hydrogen (secondary N) is 1. The summed E-state index contributed by atoms with van der Waals surface area (Å²) in [6, 6.07) is 5.85. The van der Waals surface area contributed by atoms with Gasteiger partial charge in [0.15, 0.2) is 0 Å². The maximum absolute atomic E-state index is 8.42. The van der Waals surface area contributed by atoms with Gasteiger partial charge in [0.2, 0.25) is 0 Å². The Morgan fingerprint density at radius 2 is 2.20 bits per heavy atom. The number of aromatic amines is 1. The van der Waals surface area contributed by atoms with E-state index in [1.807, 2.05) is 24.4 Å². The van der Waals surface area contributed by atoms with Crippen LogP contribution in [0.15, 0.2) is 29.5 Å². The molecule has 15 heavy (non-hydrogen) atoms. The Bertz CT molecular complexity index is 533. The average molecular weight is 200 g/mol. The molecule has 0 saturated heterocycles. The van der Waals surface area contributed by atoms with E-state index < -0.39 is 0 Å². The number of fused-ring (bicyclic) bond motifs is 1. The van der Waals surface area contributed by atoms with Crippen molar-refractivity contribution >= 4 is 16.6 Å². The van der Waals surface area contributed by atoms with Crippen LogP contribution in [0.5, 0.6) is 0 Å². The molecule has 0 aliphatic heterocycles. The third-order valence-corrected chi connectivity index (χ3v) is 2.47. The quantitative estimate of drug-likeness (QED) is 0.428. The topological polar surface area (TPSA) is 64.6 Å². The number of H-pyrrole nitrogens is 1. The Hall–Kier alpha value is -1.93. The molecule has 1 heterocycles. The number of aromatic nitrogens is 1. The fourth-order valence-corrected chi connectivity index (χ4v) is 1.77. The van der Waals surface area contributed by atoms with E-state index in [4.69, 9.17) is 5.53 Å². The molecular formula is C11H12N4. The molecule has 0 radical (unpaired) electrons. The average Bonchev–Trinajstić information content (AvgIpc) is 2.64. The van der Waals surface area contributed by atoms with Gasteiger partial charge in [-0.2, -0.15) is 0 Å². The zero-order chi connectivity index (χ0) is 10.8. The van der Waals surface area contributed by atoms with Crippen molar-refractivity contribution < 1.29 is 0 Å². The summed E-state index contributed by atoms with van der Waals surface area (Å²) in [5.41, 5.74) is 11.3. The number of benzene rings is 1. The second kappa shape index (κ2) is 3.67. The first kappa shape index (κ1) is 9.62. The summed E-state index contributed by atoms with van der Waals surface area (Å²) in [4.78, 5) is 5.94. The zero-order valence-corrected chi connectivity index (χ0v) is 8.73. The van der Waals surface area contributed by atoms with E-state index in [1.54, 1.807) is 0 Å². The van der Waals surface area contributed by atoms with Crippen molar-refractivity contribution in [3.05, 3.63) is 40.4 Å². The highest BCUT2D eigenvalue weighted by Crippen LogP contribution is 2.29. The second-order valence-electron chi connectivity index (χ2n) is 3.82. The first-order chi connectivity index (χ1) is 7.22. The Kier molecular flexibility index (Phi) is 2.35. The van der Waals surface area contributed by atoms with Gasteiger partial charge in [0.1, 0.15) is 0 Å². The van der Waals surface area contributed by atoms with Crippen molar-refractivity contribution in [2.24, 2.45) is 5.11 Å². The van der Waals surface area contributed by atoms with Crippen LogP contribution >= 0.6 is 0 Å². The van der Waals surface area contributed by atoms with Crippen molar-refractivity contribution in [2.75, 3.05) is 0 Å². The lowest BCUT2D eigenvalue weighted by Gasteiger charge is -2.08. The lowest BCUT2D eigenvalue weighted by molar-refractivity contribution is 0.876. The lowest BCUT2D eigenvalue weighted by atomic mass is 9.99. The molecular weight excluding hydrogens is 188 g/mol. The van der Waals surface area contributed by atoms with E-state index in [0.717, 1.165) is 5.52 Å². The van der Waals surface area contributed by atoms with E-state index in [2.05, 4.69) is 28.9 Å². The highest BCUT2D eigenvalue weighted by Gasteiger charge is 2.07. The van der Waals surface area contributed by atoms with Crippen LogP contribution < -0.4 is 0 Å². The van der Waals surface area contributed by atoms with E-state index in [-0.39, 0.29) is 0 Å². The van der Waals surface area contributed by atoms with Gasteiger partial charge in [-0.15, -0.1) is 0 Å². The van der Waals surface area contributed by atoms with Crippen LogP contribution in [0, 0.1) is 0 Å². The van der Waals surface area contributed by atoms with Gasteiger partial charge in [-0.05, 0) is 35.2 Å². The Balaban J connectivity index is 2.74. The smallest absolute Gasteiger partial charge is 0.0461 e. The van der Waals surface area contributed by atoms with E-state index >= 15 is 0 Å². The highest BCUT2D eigenvalue weighted by molar-refractivity contribution is 5.86. The molecule has 1 aromatic carbocycles. The fraction of sp³-hybridized carbons (Fsp3) is 0.273. The first-order valence-electron chi connectivity index (χ1n) is 4.88. The zero-order valence-electron chi connectivity index (χ0n) is 8.73. The Morgan fingerprint density at radius 1 is 1.40 bits per heavy atom. The summed E-state index contributed by atoms with van der Waals surface area (Å²) in [7, 11) is 0. The molecule has 0 unspecified atom stereocenters. The third kappa shape index (κ3) is 1.67. The van der Waals surface area contributed by atoms with Crippen LogP contribution in [0.4, 0.5) is 5.69 Å². The van der Waals surface area contributed by atoms with Crippen molar-refractivity contribution in [1.29, 1.82) is 0 Å². The number of hydrogen-bond donors (Lipinski definition) is 1. The molecule has 0 amide bonds. The molecule has 76 valence electrons. The van der Waals surface area contributed by atoms with Gasteiger partial charge in [0.05, 0.1) is 0 Å². The minimum Gasteiger partial charge on any atom is -0.361 e. The summed E-state index contributed by atoms with van der Waals surface area (Å²) in [6.45, 7) is 4.25. The van der Waals surface area contributed by atoms with Crippen molar-refractivity contribution in [1.82, 2.24) is 4.98 Å². The second-order valence-corrected chi connectivity index (χ2v) is 3.82. The summed E-state index contributed by atoms with van der Waals surface area (Å²) in [5.74, 6) is 0.414. The van der Waals surface area contributed by atoms with Crippen LogP contribution in [0.1, 0.15) is 25.3 Å². The van der Waals surface area contributed by atoms with Crippen molar-refractivity contribution in [2.45, 2.75) is 19.8 Å². The number of rotatable bonds is 2. The Labute approximate surface area is 87.6 Å². The van der Waals surface area contributed by atoms with Crippen LogP contribution in [0.3, 0.4) is 0 Å². The predicted molar refractivity (Wildman–Crippen MR) is 61.2 cm³/mol. The Morgan fingerprint density at radius 3 is 2.87 bits per heavy atom. The highest BCUT2D eigenvalue weighted by atomic mass is 15.1. The summed E-state index contributed by atoms with van der Waals surface area (Å²) in [6.07, 6.45) is 1.90. The van der Waals surface area contributed by atoms with Gasteiger partial charge in [-0.25, -0.2) is 0 Å². The van der Waals surface area contributed by atoms with Crippen molar-refractivity contribution in [3.8, 4) is 0 Å². The molecule has 0 bridgehead atoms. The molecule has 0 spiro atoms. The van der Waals surface area contributed by atoms with Gasteiger partial charge in [0, 0.05) is 27.7 Å². The van der Waals surface area contributed by atoms with Crippen molar-refractivity contribution in [3.63, 3.8) is 0 Å². The maximum Gasteiger partial charge on any atom is 0.0461 e. The normalized spacial score (nSPS) is 10.6. The minimum absolute atomic E-state index is 0.414. The molecule has 4 heteroatoms. The van der Waals surface area contributed by atoms with E-state index in [0.29, 0.717) is 11.6 Å².